The Labute approximate surface area is 207 Å². The fourth-order valence-electron chi connectivity index (χ4n) is 3.57. The summed E-state index contributed by atoms with van der Waals surface area (Å²) in [5, 5.41) is 4.49. The third-order valence-corrected chi connectivity index (χ3v) is 8.14. The van der Waals surface area contributed by atoms with E-state index in [0.29, 0.717) is 40.8 Å². The number of nitrogens with zero attached hydrogens (tertiary/aromatic N) is 3. The Bertz CT molecular complexity index is 1130. The number of carbonyl (C=O) groups is 2. The predicted octanol–water partition coefficient (Wildman–Crippen LogP) is 3.82. The number of hydrogen-bond donors (Lipinski definition) is 0. The lowest BCUT2D eigenvalue weighted by Crippen LogP contribution is -2.42. The highest BCUT2D eigenvalue weighted by molar-refractivity contribution is 14.1. The van der Waals surface area contributed by atoms with Crippen LogP contribution in [0, 0.1) is 3.57 Å². The molecule has 0 aliphatic carbocycles. The molecule has 0 saturated carbocycles. The van der Waals surface area contributed by atoms with Gasteiger partial charge < -0.3 is 14.4 Å². The Morgan fingerprint density at radius 3 is 2.42 bits per heavy atom. The summed E-state index contributed by atoms with van der Waals surface area (Å²) in [6.07, 6.45) is 2.88. The number of rotatable bonds is 5. The topological polar surface area (TPSA) is 108 Å². The number of aromatic nitrogens is 2. The molecule has 1 aromatic carbocycles. The maximum atomic E-state index is 13.0. The zero-order valence-corrected chi connectivity index (χ0v) is 22.1. The number of benzene rings is 1. The first-order valence-corrected chi connectivity index (χ1v) is 13.3. The highest BCUT2D eigenvalue weighted by Crippen LogP contribution is 2.26. The number of likely N-dealkylation sites (tertiary alicyclic amines) is 1. The van der Waals surface area contributed by atoms with Crippen molar-refractivity contribution in [2.75, 3.05) is 20.2 Å². The number of carbonyl (C=O) groups excluding carboxylic acids is 2. The molecule has 9 nitrogen and oxygen atoms in total. The summed E-state index contributed by atoms with van der Waals surface area (Å²) in [5.41, 5.74) is 0.202. The summed E-state index contributed by atoms with van der Waals surface area (Å²) >= 11 is 1.90. The fraction of sp³-hybridized carbons (Fsp3) is 0.500. The van der Waals surface area contributed by atoms with Crippen LogP contribution in [-0.2, 0) is 25.1 Å². The van der Waals surface area contributed by atoms with Crippen molar-refractivity contribution >= 4 is 44.5 Å². The third-order valence-electron chi connectivity index (χ3n) is 5.18. The van der Waals surface area contributed by atoms with Gasteiger partial charge in [0.05, 0.1) is 35.1 Å². The number of sulfone groups is 1. The largest absolute Gasteiger partial charge is 0.465 e. The molecule has 0 spiro atoms. The van der Waals surface area contributed by atoms with E-state index in [1.165, 1.54) is 25.3 Å². The number of ether oxygens (including phenoxy) is 2. The van der Waals surface area contributed by atoms with Gasteiger partial charge in [-0.15, -0.1) is 0 Å². The molecule has 1 aliphatic heterocycles. The van der Waals surface area contributed by atoms with Crippen LogP contribution in [0.2, 0.25) is 0 Å². The minimum Gasteiger partial charge on any atom is -0.465 e. The van der Waals surface area contributed by atoms with Gasteiger partial charge in [-0.2, -0.15) is 5.10 Å². The smallest absolute Gasteiger partial charge is 0.410 e. The molecule has 33 heavy (non-hydrogen) atoms. The van der Waals surface area contributed by atoms with Gasteiger partial charge in [0.2, 0.25) is 0 Å². The van der Waals surface area contributed by atoms with Crippen molar-refractivity contribution in [3.05, 3.63) is 45.3 Å². The maximum absolute atomic E-state index is 13.0. The van der Waals surface area contributed by atoms with Crippen molar-refractivity contribution in [1.29, 1.82) is 0 Å². The van der Waals surface area contributed by atoms with E-state index in [-0.39, 0.29) is 22.8 Å². The van der Waals surface area contributed by atoms with E-state index >= 15 is 0 Å². The predicted molar refractivity (Wildman–Crippen MR) is 130 cm³/mol. The van der Waals surface area contributed by atoms with E-state index < -0.39 is 21.4 Å². The highest BCUT2D eigenvalue weighted by atomic mass is 127. The average molecular weight is 589 g/mol. The van der Waals surface area contributed by atoms with Gasteiger partial charge in [-0.3, -0.25) is 4.68 Å². The standard InChI is InChI=1S/C22H28IN3O6S/c1-22(2,3)32-21(28)25-10-8-17(9-11-25)26-12-7-16(24-26)14-33(29,30)19-6-5-15(13-18(19)23)20(27)31-4/h5-7,12-13,17H,8-11,14H2,1-4H3. The summed E-state index contributed by atoms with van der Waals surface area (Å²) in [6, 6.07) is 6.15. The van der Waals surface area contributed by atoms with Crippen LogP contribution in [0.1, 0.15) is 55.7 Å². The Morgan fingerprint density at radius 2 is 1.85 bits per heavy atom. The second-order valence-electron chi connectivity index (χ2n) is 8.88. The van der Waals surface area contributed by atoms with Gasteiger partial charge in [-0.05, 0) is 80.5 Å². The van der Waals surface area contributed by atoms with Crippen LogP contribution in [0.4, 0.5) is 4.79 Å². The van der Waals surface area contributed by atoms with E-state index in [4.69, 9.17) is 4.74 Å². The molecular weight excluding hydrogens is 561 g/mol. The van der Waals surface area contributed by atoms with Crippen molar-refractivity contribution in [3.8, 4) is 0 Å². The van der Waals surface area contributed by atoms with Gasteiger partial charge in [-0.1, -0.05) is 0 Å². The van der Waals surface area contributed by atoms with Crippen molar-refractivity contribution < 1.29 is 27.5 Å². The van der Waals surface area contributed by atoms with Crippen LogP contribution in [0.15, 0.2) is 35.4 Å². The van der Waals surface area contributed by atoms with Crippen LogP contribution >= 0.6 is 22.6 Å². The highest BCUT2D eigenvalue weighted by Gasteiger charge is 2.28. The second kappa shape index (κ2) is 10.00. The van der Waals surface area contributed by atoms with E-state index in [9.17, 15) is 18.0 Å². The third kappa shape index (κ3) is 6.46. The molecule has 11 heteroatoms. The Morgan fingerprint density at radius 1 is 1.18 bits per heavy atom. The van der Waals surface area contributed by atoms with Crippen LogP contribution in [0.3, 0.4) is 0 Å². The van der Waals surface area contributed by atoms with E-state index in [2.05, 4.69) is 9.84 Å². The van der Waals surface area contributed by atoms with Crippen molar-refractivity contribution in [3.63, 3.8) is 0 Å². The summed E-state index contributed by atoms with van der Waals surface area (Å²) in [5.74, 6) is -0.766. The molecule has 2 heterocycles. The lowest BCUT2D eigenvalue weighted by Gasteiger charge is -2.33. The molecule has 180 valence electrons. The zero-order valence-electron chi connectivity index (χ0n) is 19.1. The SMILES string of the molecule is COC(=O)c1ccc(S(=O)(=O)Cc2ccn(C3CCN(C(=O)OC(C)(C)C)CC3)n2)c(I)c1. The fourth-order valence-corrected chi connectivity index (χ4v) is 6.42. The van der Waals surface area contributed by atoms with Gasteiger partial charge >= 0.3 is 12.1 Å². The number of piperidine rings is 1. The number of methoxy groups -OCH3 is 1. The summed E-state index contributed by atoms with van der Waals surface area (Å²) in [7, 11) is -2.38. The average Bonchev–Trinajstić information content (AvgIpc) is 3.19. The van der Waals surface area contributed by atoms with Crippen molar-refractivity contribution in [1.82, 2.24) is 14.7 Å². The maximum Gasteiger partial charge on any atom is 0.410 e. The number of esters is 1. The van der Waals surface area contributed by atoms with Gasteiger partial charge in [0.1, 0.15) is 5.60 Å². The number of halogens is 1. The summed E-state index contributed by atoms with van der Waals surface area (Å²) < 4.78 is 38.3. The van der Waals surface area contributed by atoms with Crippen LogP contribution in [-0.4, -0.2) is 61.0 Å². The molecule has 0 unspecified atom stereocenters. The molecular formula is C22H28IN3O6S. The number of amides is 1. The molecule has 0 bridgehead atoms. The Balaban J connectivity index is 1.64. The first-order chi connectivity index (χ1) is 15.4. The minimum atomic E-state index is -3.65. The molecule has 1 fully saturated rings. The summed E-state index contributed by atoms with van der Waals surface area (Å²) in [6.45, 7) is 6.62. The van der Waals surface area contributed by atoms with Gasteiger partial charge in [-0.25, -0.2) is 18.0 Å². The van der Waals surface area contributed by atoms with Crippen LogP contribution < -0.4 is 0 Å². The molecule has 1 aliphatic rings. The Kier molecular flexibility index (Phi) is 7.72. The van der Waals surface area contributed by atoms with Crippen molar-refractivity contribution in [2.24, 2.45) is 0 Å². The first-order valence-electron chi connectivity index (χ1n) is 10.5. The van der Waals surface area contributed by atoms with E-state index in [1.54, 1.807) is 21.8 Å². The molecule has 0 N–H and O–H groups in total. The quantitative estimate of drug-likeness (QED) is 0.386. The molecule has 1 amide bonds. The normalized spacial score (nSPS) is 15.4. The number of hydrogen-bond acceptors (Lipinski definition) is 7. The molecule has 2 aromatic rings. The minimum absolute atomic E-state index is 0.0830. The van der Waals surface area contributed by atoms with Gasteiger partial charge in [0.25, 0.3) is 0 Å². The molecule has 0 radical (unpaired) electrons. The molecule has 1 saturated heterocycles. The second-order valence-corrected chi connectivity index (χ2v) is 12.0. The van der Waals surface area contributed by atoms with E-state index in [0.717, 1.165) is 0 Å². The lowest BCUT2D eigenvalue weighted by atomic mass is 10.1. The summed E-state index contributed by atoms with van der Waals surface area (Å²) in [4.78, 5) is 25.8. The molecule has 3 rings (SSSR count). The molecule has 0 atom stereocenters. The van der Waals surface area contributed by atoms with E-state index in [1.807, 2.05) is 43.4 Å². The Hall–Kier alpha value is -2.15. The van der Waals surface area contributed by atoms with Gasteiger partial charge in [0.15, 0.2) is 9.84 Å². The first kappa shape index (κ1) is 25.5. The molecule has 1 aromatic heterocycles. The van der Waals surface area contributed by atoms with Crippen LogP contribution in [0.25, 0.3) is 0 Å². The van der Waals surface area contributed by atoms with Gasteiger partial charge in [0, 0.05) is 22.9 Å². The zero-order chi connectivity index (χ0) is 24.4. The van der Waals surface area contributed by atoms with Crippen LogP contribution in [0.5, 0.6) is 0 Å². The van der Waals surface area contributed by atoms with Crippen molar-refractivity contribution in [2.45, 2.75) is 55.9 Å². The monoisotopic (exact) mass is 589 g/mol. The lowest BCUT2D eigenvalue weighted by molar-refractivity contribution is 0.0184.